The summed E-state index contributed by atoms with van der Waals surface area (Å²) in [4.78, 5) is 10.6. The second kappa shape index (κ2) is 9.53. The van der Waals surface area contributed by atoms with Crippen molar-refractivity contribution in [3.8, 4) is 0 Å². The van der Waals surface area contributed by atoms with E-state index >= 15 is 0 Å². The van der Waals surface area contributed by atoms with Gasteiger partial charge in [0.2, 0.25) is 0 Å². The zero-order chi connectivity index (χ0) is 21.0. The monoisotopic (exact) mass is 386 g/mol. The van der Waals surface area contributed by atoms with Gasteiger partial charge in [-0.3, -0.25) is 4.79 Å². The minimum absolute atomic E-state index is 0.0536. The summed E-state index contributed by atoms with van der Waals surface area (Å²) in [6, 6.07) is 7.81. The summed E-state index contributed by atoms with van der Waals surface area (Å²) in [6.45, 7) is 1.99. The van der Waals surface area contributed by atoms with Gasteiger partial charge in [0.05, 0.1) is 13.6 Å². The molecule has 4 heteroatoms. The number of aliphatic hydroxyl groups excluding tert-OH is 1. The number of aryl methyl sites for hydroxylation is 1. The molecule has 0 saturated heterocycles. The van der Waals surface area contributed by atoms with Crippen molar-refractivity contribution in [1.29, 1.82) is 0 Å². The molecule has 1 aromatic rings. The van der Waals surface area contributed by atoms with Gasteiger partial charge in [-0.05, 0) is 56.4 Å². The number of benzene rings is 1. The van der Waals surface area contributed by atoms with E-state index in [9.17, 15) is 15.0 Å². The lowest BCUT2D eigenvalue weighted by atomic mass is 9.88. The van der Waals surface area contributed by atoms with Gasteiger partial charge in [-0.1, -0.05) is 53.6 Å². The van der Waals surface area contributed by atoms with E-state index < -0.39 is 18.2 Å². The number of rotatable bonds is 9. The molecule has 0 spiro atoms. The zero-order valence-electron chi connectivity index (χ0n) is 17.6. The minimum atomic E-state index is -1.70. The Balaban J connectivity index is 1.56. The molecule has 1 fully saturated rings. The molecular formula is C24H32O4. The highest BCUT2D eigenvalue weighted by molar-refractivity contribution is 5.66. The maximum atomic E-state index is 10.6. The number of carbonyl (C=O) groups is 1. The Bertz CT molecular complexity index is 783. The van der Waals surface area contributed by atoms with Gasteiger partial charge in [0.15, 0.2) is 0 Å². The van der Waals surface area contributed by atoms with E-state index in [4.69, 9.17) is 6.48 Å². The quantitative estimate of drug-likeness (QED) is 0.442. The van der Waals surface area contributed by atoms with Crippen molar-refractivity contribution in [2.24, 2.45) is 17.8 Å². The third kappa shape index (κ3) is 5.55. The Morgan fingerprint density at radius 2 is 2.21 bits per heavy atom. The minimum Gasteiger partial charge on any atom is -0.481 e. The number of allylic oxidation sites excluding steroid dienone is 2. The van der Waals surface area contributed by atoms with Crippen LogP contribution in [0.15, 0.2) is 48.1 Å². The molecule has 3 rings (SSSR count). The Morgan fingerprint density at radius 1 is 1.39 bits per heavy atom. The summed E-state index contributed by atoms with van der Waals surface area (Å²) in [5.74, 6) is -0.151. The summed E-state index contributed by atoms with van der Waals surface area (Å²) < 4.78 is 8.27. The fourth-order valence-corrected chi connectivity index (χ4v) is 4.73. The van der Waals surface area contributed by atoms with Crippen LogP contribution in [0.2, 0.25) is 0 Å². The predicted octanol–water partition coefficient (Wildman–Crippen LogP) is 4.04. The number of hydrogen-bond donors (Lipinski definition) is 3. The number of unbranched alkanes of at least 4 members (excludes halogenated alkanes) is 1. The molecule has 28 heavy (non-hydrogen) atoms. The van der Waals surface area contributed by atoms with Crippen LogP contribution >= 0.6 is 0 Å². The number of aliphatic carboxylic acids is 1. The average molecular weight is 387 g/mol. The number of fused-ring (bicyclic) bond motifs is 1. The van der Waals surface area contributed by atoms with Gasteiger partial charge in [0, 0.05) is 18.8 Å². The molecule has 4 nitrogen and oxygen atoms in total. The van der Waals surface area contributed by atoms with Crippen molar-refractivity contribution in [1.82, 2.24) is 0 Å². The summed E-state index contributed by atoms with van der Waals surface area (Å²) in [5.41, 5.74) is 3.38. The van der Waals surface area contributed by atoms with Crippen LogP contribution in [0.4, 0.5) is 0 Å². The van der Waals surface area contributed by atoms with Crippen molar-refractivity contribution in [2.45, 2.75) is 64.1 Å². The number of hydrogen-bond acceptors (Lipinski definition) is 3. The number of carboxylic acids is 1. The van der Waals surface area contributed by atoms with Crippen molar-refractivity contribution in [3.05, 3.63) is 59.2 Å². The molecule has 0 aliphatic heterocycles. The second-order valence-corrected chi connectivity index (χ2v) is 8.35. The van der Waals surface area contributed by atoms with E-state index in [1.807, 2.05) is 37.3 Å². The molecule has 0 amide bonds. The second-order valence-electron chi connectivity index (χ2n) is 8.35. The van der Waals surface area contributed by atoms with Gasteiger partial charge in [-0.15, -0.1) is 0 Å². The van der Waals surface area contributed by atoms with Crippen molar-refractivity contribution in [2.75, 3.05) is 0 Å². The van der Waals surface area contributed by atoms with Crippen molar-refractivity contribution >= 4 is 5.97 Å². The highest BCUT2D eigenvalue weighted by Crippen LogP contribution is 2.48. The van der Waals surface area contributed by atoms with E-state index in [2.05, 4.69) is 6.08 Å². The molecule has 3 N–H and O–H groups in total. The Labute approximate surface area is 169 Å². The molecule has 152 valence electrons. The van der Waals surface area contributed by atoms with Gasteiger partial charge < -0.3 is 15.3 Å². The Hall–Kier alpha value is -1.91. The van der Waals surface area contributed by atoms with Crippen LogP contribution in [-0.2, 0) is 11.2 Å². The number of aliphatic hydroxyl groups is 2. The summed E-state index contributed by atoms with van der Waals surface area (Å²) in [6.07, 6.45) is 8.06. The molecule has 1 saturated carbocycles. The third-order valence-electron chi connectivity index (χ3n) is 6.07. The molecule has 0 radical (unpaired) electrons. The van der Waals surface area contributed by atoms with Gasteiger partial charge in [-0.2, -0.15) is 0 Å². The SMILES string of the molecule is [3H][C@@](O)(/C=C/[C@@H]1[C@H]2CC(CCCCC(=O)O)=C[C@H]2C[C@H]1O)Cc1cccc(C)c1. The molecule has 0 aromatic heterocycles. The summed E-state index contributed by atoms with van der Waals surface area (Å²) in [5, 5.41) is 29.8. The van der Waals surface area contributed by atoms with Crippen LogP contribution in [0.25, 0.3) is 0 Å². The first-order valence-corrected chi connectivity index (χ1v) is 10.3. The van der Waals surface area contributed by atoms with Crippen molar-refractivity contribution < 1.29 is 21.5 Å². The molecule has 5 atom stereocenters. The molecular weight excluding hydrogens is 352 g/mol. The maximum Gasteiger partial charge on any atom is 0.303 e. The third-order valence-corrected chi connectivity index (χ3v) is 6.07. The smallest absolute Gasteiger partial charge is 0.303 e. The van der Waals surface area contributed by atoms with Crippen LogP contribution in [-0.4, -0.2) is 33.5 Å². The van der Waals surface area contributed by atoms with E-state index in [1.165, 1.54) is 11.6 Å². The predicted molar refractivity (Wildman–Crippen MR) is 110 cm³/mol. The summed E-state index contributed by atoms with van der Waals surface area (Å²) >= 11 is 0. The average Bonchev–Trinajstić information content (AvgIpc) is 3.13. The van der Waals surface area contributed by atoms with Gasteiger partial charge in [-0.25, -0.2) is 0 Å². The lowest BCUT2D eigenvalue weighted by Gasteiger charge is -2.19. The number of carboxylic acid groups (broad SMARTS) is 1. The molecule has 1 aromatic carbocycles. The molecule has 0 heterocycles. The van der Waals surface area contributed by atoms with Gasteiger partial charge in [0.1, 0.15) is 0 Å². The van der Waals surface area contributed by atoms with E-state index in [0.717, 1.165) is 30.4 Å². The highest BCUT2D eigenvalue weighted by Gasteiger charge is 2.43. The first kappa shape index (κ1) is 19.4. The van der Waals surface area contributed by atoms with E-state index in [0.29, 0.717) is 24.7 Å². The largest absolute Gasteiger partial charge is 0.481 e. The van der Waals surface area contributed by atoms with Crippen LogP contribution in [0, 0.1) is 24.7 Å². The standard InChI is InChI=1S/C24H32O4/c1-16-5-4-7-17(11-16)13-20(25)9-10-21-22-14-18(6-2-3-8-24(27)28)12-19(22)15-23(21)26/h4-5,7,9-12,19-23,25-26H,2-3,6,8,13-15H2,1H3,(H,27,28)/b10-9+/t19-,20+,21+,22-,23+/m0/s1/i20T. The van der Waals surface area contributed by atoms with Crippen LogP contribution in [0.3, 0.4) is 0 Å². The zero-order valence-corrected chi connectivity index (χ0v) is 16.6. The summed E-state index contributed by atoms with van der Waals surface area (Å²) in [7, 11) is 0. The molecule has 0 bridgehead atoms. The van der Waals surface area contributed by atoms with E-state index in [1.54, 1.807) is 0 Å². The first-order chi connectivity index (χ1) is 13.7. The normalized spacial score (nSPS) is 29.4. The lowest BCUT2D eigenvalue weighted by Crippen LogP contribution is -2.18. The van der Waals surface area contributed by atoms with E-state index in [-0.39, 0.29) is 18.8 Å². The van der Waals surface area contributed by atoms with Crippen LogP contribution in [0.5, 0.6) is 0 Å². The molecule has 2 aliphatic carbocycles. The van der Waals surface area contributed by atoms with Crippen LogP contribution in [0.1, 0.15) is 51.0 Å². The Morgan fingerprint density at radius 3 is 2.96 bits per heavy atom. The fraction of sp³-hybridized carbons (Fsp3) is 0.542. The highest BCUT2D eigenvalue weighted by atomic mass is 16.4. The van der Waals surface area contributed by atoms with Gasteiger partial charge in [0.25, 0.3) is 0 Å². The van der Waals surface area contributed by atoms with Gasteiger partial charge >= 0.3 is 5.97 Å². The first-order valence-electron chi connectivity index (χ1n) is 10.8. The Kier molecular flexibility index (Phi) is 6.61. The lowest BCUT2D eigenvalue weighted by molar-refractivity contribution is -0.137. The molecule has 2 aliphatic rings. The fourth-order valence-electron chi connectivity index (χ4n) is 4.73. The maximum absolute atomic E-state index is 10.6. The molecule has 0 unspecified atom stereocenters. The topological polar surface area (TPSA) is 77.8 Å². The van der Waals surface area contributed by atoms with Crippen molar-refractivity contribution in [3.63, 3.8) is 0 Å². The van der Waals surface area contributed by atoms with Crippen LogP contribution < -0.4 is 0 Å².